The summed E-state index contributed by atoms with van der Waals surface area (Å²) in [6, 6.07) is 0. The summed E-state index contributed by atoms with van der Waals surface area (Å²) in [4.78, 5) is 3.84. The van der Waals surface area contributed by atoms with Crippen molar-refractivity contribution in [1.29, 1.82) is 0 Å². The zero-order valence-electron chi connectivity index (χ0n) is 9.56. The Morgan fingerprint density at radius 2 is 1.93 bits per heavy atom. The summed E-state index contributed by atoms with van der Waals surface area (Å²) in [7, 11) is 0. The predicted octanol–water partition coefficient (Wildman–Crippen LogP) is 2.61. The third kappa shape index (κ3) is 6.23. The molecule has 1 aromatic heterocycles. The van der Waals surface area contributed by atoms with Gasteiger partial charge in [-0.25, -0.2) is 9.67 Å². The Morgan fingerprint density at radius 1 is 1.13 bits per heavy atom. The van der Waals surface area contributed by atoms with Crippen LogP contribution in [0.2, 0.25) is 0 Å². The Kier molecular flexibility index (Phi) is 6.83. The number of hydrogen-bond acceptors (Lipinski definition) is 3. The van der Waals surface area contributed by atoms with E-state index in [0.717, 1.165) is 13.0 Å². The van der Waals surface area contributed by atoms with Gasteiger partial charge in [-0.1, -0.05) is 39.0 Å². The second-order valence-electron chi connectivity index (χ2n) is 3.74. The third-order valence-corrected chi connectivity index (χ3v) is 2.33. The molecule has 0 bridgehead atoms. The lowest BCUT2D eigenvalue weighted by Crippen LogP contribution is -2.03. The van der Waals surface area contributed by atoms with Gasteiger partial charge in [-0.05, 0) is 6.42 Å². The molecule has 1 rings (SSSR count). The summed E-state index contributed by atoms with van der Waals surface area (Å²) in [5, 5.41) is 3.96. The molecule has 15 heavy (non-hydrogen) atoms. The second-order valence-corrected chi connectivity index (χ2v) is 3.74. The minimum absolute atomic E-state index is 0.523. The van der Waals surface area contributed by atoms with Crippen LogP contribution < -0.4 is 0 Å². The van der Waals surface area contributed by atoms with Gasteiger partial charge in [0.2, 0.25) is 0 Å². The van der Waals surface area contributed by atoms with Crippen molar-refractivity contribution in [2.24, 2.45) is 0 Å². The molecule has 0 atom stereocenters. The molecule has 0 radical (unpaired) electrons. The molecule has 0 amide bonds. The van der Waals surface area contributed by atoms with Gasteiger partial charge in [0.1, 0.15) is 19.4 Å². The first kappa shape index (κ1) is 12.2. The van der Waals surface area contributed by atoms with Gasteiger partial charge in [0.15, 0.2) is 0 Å². The fraction of sp³-hybridized carbons (Fsp3) is 0.818. The lowest BCUT2D eigenvalue weighted by molar-refractivity contribution is 0.0656. The Labute approximate surface area is 91.7 Å². The summed E-state index contributed by atoms with van der Waals surface area (Å²) in [5.41, 5.74) is 0. The Morgan fingerprint density at radius 3 is 2.67 bits per heavy atom. The van der Waals surface area contributed by atoms with Crippen LogP contribution in [0.5, 0.6) is 0 Å². The summed E-state index contributed by atoms with van der Waals surface area (Å²) < 4.78 is 7.14. The standard InChI is InChI=1S/C11H21N3O/c1-2-3-4-5-6-7-8-15-11-14-10-12-9-13-14/h9-10H,2-8,11H2,1H3. The van der Waals surface area contributed by atoms with Crippen LogP contribution in [0.15, 0.2) is 12.7 Å². The highest BCUT2D eigenvalue weighted by molar-refractivity contribution is 4.52. The third-order valence-electron chi connectivity index (χ3n) is 2.33. The molecule has 86 valence electrons. The molecule has 0 aliphatic carbocycles. The van der Waals surface area contributed by atoms with E-state index >= 15 is 0 Å². The van der Waals surface area contributed by atoms with Crippen molar-refractivity contribution in [3.8, 4) is 0 Å². The zero-order chi connectivity index (χ0) is 10.8. The molecular formula is C11H21N3O. The normalized spacial score (nSPS) is 10.7. The van der Waals surface area contributed by atoms with Gasteiger partial charge in [0.05, 0.1) is 0 Å². The maximum atomic E-state index is 5.45. The molecule has 0 fully saturated rings. The fourth-order valence-corrected chi connectivity index (χ4v) is 1.44. The number of hydrogen-bond donors (Lipinski definition) is 0. The van der Waals surface area contributed by atoms with Gasteiger partial charge >= 0.3 is 0 Å². The minimum atomic E-state index is 0.523. The molecule has 0 saturated carbocycles. The quantitative estimate of drug-likeness (QED) is 0.589. The van der Waals surface area contributed by atoms with E-state index in [0.29, 0.717) is 6.73 Å². The van der Waals surface area contributed by atoms with E-state index in [1.165, 1.54) is 38.4 Å². The van der Waals surface area contributed by atoms with Crippen molar-refractivity contribution in [3.05, 3.63) is 12.7 Å². The monoisotopic (exact) mass is 211 g/mol. The maximum Gasteiger partial charge on any atom is 0.141 e. The van der Waals surface area contributed by atoms with Crippen LogP contribution in [0.1, 0.15) is 45.4 Å². The topological polar surface area (TPSA) is 39.9 Å². The van der Waals surface area contributed by atoms with E-state index in [2.05, 4.69) is 17.0 Å². The summed E-state index contributed by atoms with van der Waals surface area (Å²) in [5.74, 6) is 0. The number of unbranched alkanes of at least 4 members (excludes halogenated alkanes) is 5. The van der Waals surface area contributed by atoms with Gasteiger partial charge in [-0.15, -0.1) is 0 Å². The van der Waals surface area contributed by atoms with Gasteiger partial charge in [-0.2, -0.15) is 5.10 Å². The predicted molar refractivity (Wildman–Crippen MR) is 59.4 cm³/mol. The average molecular weight is 211 g/mol. The van der Waals surface area contributed by atoms with E-state index in [9.17, 15) is 0 Å². The summed E-state index contributed by atoms with van der Waals surface area (Å²) >= 11 is 0. The van der Waals surface area contributed by atoms with Crippen molar-refractivity contribution in [2.75, 3.05) is 6.61 Å². The minimum Gasteiger partial charge on any atom is -0.359 e. The van der Waals surface area contributed by atoms with Crippen molar-refractivity contribution in [1.82, 2.24) is 14.8 Å². The molecule has 1 heterocycles. The maximum absolute atomic E-state index is 5.45. The Hall–Kier alpha value is -0.900. The Balaban J connectivity index is 1.81. The van der Waals surface area contributed by atoms with Crippen LogP contribution in [0.25, 0.3) is 0 Å². The van der Waals surface area contributed by atoms with Crippen LogP contribution in [0.3, 0.4) is 0 Å². The highest BCUT2D eigenvalue weighted by Crippen LogP contribution is 2.04. The van der Waals surface area contributed by atoms with Crippen LogP contribution in [0.4, 0.5) is 0 Å². The molecule has 0 aromatic carbocycles. The number of aromatic nitrogens is 3. The van der Waals surface area contributed by atoms with Crippen LogP contribution >= 0.6 is 0 Å². The van der Waals surface area contributed by atoms with E-state index in [-0.39, 0.29) is 0 Å². The lowest BCUT2D eigenvalue weighted by Gasteiger charge is -2.03. The summed E-state index contributed by atoms with van der Waals surface area (Å²) in [6.45, 7) is 3.59. The molecule has 0 saturated heterocycles. The highest BCUT2D eigenvalue weighted by Gasteiger charge is 1.92. The molecule has 0 spiro atoms. The lowest BCUT2D eigenvalue weighted by atomic mass is 10.1. The largest absolute Gasteiger partial charge is 0.359 e. The van der Waals surface area contributed by atoms with Crippen LogP contribution in [-0.2, 0) is 11.5 Å². The molecule has 0 N–H and O–H groups in total. The van der Waals surface area contributed by atoms with E-state index < -0.39 is 0 Å². The van der Waals surface area contributed by atoms with E-state index in [1.54, 1.807) is 11.0 Å². The first-order chi connectivity index (χ1) is 7.43. The van der Waals surface area contributed by atoms with Crippen molar-refractivity contribution >= 4 is 0 Å². The summed E-state index contributed by atoms with van der Waals surface area (Å²) in [6.07, 6.45) is 11.0. The first-order valence-electron chi connectivity index (χ1n) is 5.83. The molecule has 0 aliphatic heterocycles. The van der Waals surface area contributed by atoms with Crippen LogP contribution in [-0.4, -0.2) is 21.4 Å². The van der Waals surface area contributed by atoms with Crippen LogP contribution in [0, 0.1) is 0 Å². The second kappa shape index (κ2) is 8.41. The van der Waals surface area contributed by atoms with Gasteiger partial charge in [-0.3, -0.25) is 0 Å². The molecule has 0 unspecified atom stereocenters. The van der Waals surface area contributed by atoms with Gasteiger partial charge < -0.3 is 4.74 Å². The van der Waals surface area contributed by atoms with Crippen molar-refractivity contribution < 1.29 is 4.74 Å². The fourth-order valence-electron chi connectivity index (χ4n) is 1.44. The molecular weight excluding hydrogens is 190 g/mol. The molecule has 4 heteroatoms. The Bertz CT molecular complexity index is 224. The highest BCUT2D eigenvalue weighted by atomic mass is 16.5. The molecule has 1 aromatic rings. The molecule has 0 aliphatic rings. The average Bonchev–Trinajstić information content (AvgIpc) is 2.75. The number of nitrogens with zero attached hydrogens (tertiary/aromatic N) is 3. The zero-order valence-corrected chi connectivity index (χ0v) is 9.56. The van der Waals surface area contributed by atoms with Gasteiger partial charge in [0.25, 0.3) is 0 Å². The first-order valence-corrected chi connectivity index (χ1v) is 5.83. The number of ether oxygens (including phenoxy) is 1. The van der Waals surface area contributed by atoms with Crippen molar-refractivity contribution in [3.63, 3.8) is 0 Å². The van der Waals surface area contributed by atoms with Gasteiger partial charge in [0, 0.05) is 6.61 Å². The smallest absolute Gasteiger partial charge is 0.141 e. The van der Waals surface area contributed by atoms with E-state index in [1.807, 2.05) is 0 Å². The van der Waals surface area contributed by atoms with E-state index in [4.69, 9.17) is 4.74 Å². The molecule has 4 nitrogen and oxygen atoms in total. The van der Waals surface area contributed by atoms with Crippen molar-refractivity contribution in [2.45, 2.75) is 52.2 Å². The number of rotatable bonds is 9. The SMILES string of the molecule is CCCCCCCCOCn1cncn1.